The molecule has 6 nitrogen and oxygen atoms in total. The number of nitrogens with two attached hydrogens (primary N) is 1. The van der Waals surface area contributed by atoms with E-state index in [1.807, 2.05) is 0 Å². The van der Waals surface area contributed by atoms with Crippen molar-refractivity contribution in [2.75, 3.05) is 6.61 Å². The monoisotopic (exact) mass is 224 g/mol. The van der Waals surface area contributed by atoms with Gasteiger partial charge in [0.15, 0.2) is 0 Å². The van der Waals surface area contributed by atoms with Crippen LogP contribution in [0.15, 0.2) is 0 Å². The highest BCUT2D eigenvalue weighted by atomic mass is 16.5. The molecule has 0 amide bonds. The molecule has 0 radical (unpaired) electrons. The number of hydrogen-bond acceptors (Lipinski definition) is 5. The lowest BCUT2D eigenvalue weighted by Crippen LogP contribution is -2.23. The number of carbonyl (C=O) groups excluding carboxylic acids is 1. The van der Waals surface area contributed by atoms with E-state index in [0.717, 1.165) is 19.3 Å². The summed E-state index contributed by atoms with van der Waals surface area (Å²) in [6, 6.07) is 0.114. The Balaban J connectivity index is 2.10. The SMILES string of the molecule is CCOC(=O)c1n[nH]c(C2CCCC2N)n1. The van der Waals surface area contributed by atoms with E-state index in [-0.39, 0.29) is 17.8 Å². The van der Waals surface area contributed by atoms with Gasteiger partial charge in [-0.15, -0.1) is 5.10 Å². The van der Waals surface area contributed by atoms with Crippen LogP contribution < -0.4 is 5.73 Å². The van der Waals surface area contributed by atoms with Crippen molar-refractivity contribution in [3.63, 3.8) is 0 Å². The third-order valence-corrected chi connectivity index (χ3v) is 2.88. The van der Waals surface area contributed by atoms with Crippen molar-refractivity contribution in [3.8, 4) is 0 Å². The van der Waals surface area contributed by atoms with Gasteiger partial charge in [-0.1, -0.05) is 6.42 Å². The van der Waals surface area contributed by atoms with E-state index < -0.39 is 5.97 Å². The normalized spacial score (nSPS) is 24.6. The maximum Gasteiger partial charge on any atom is 0.378 e. The van der Waals surface area contributed by atoms with Crippen LogP contribution in [0.4, 0.5) is 0 Å². The number of carbonyl (C=O) groups is 1. The van der Waals surface area contributed by atoms with Crippen molar-refractivity contribution in [2.45, 2.75) is 38.1 Å². The maximum absolute atomic E-state index is 11.4. The van der Waals surface area contributed by atoms with E-state index >= 15 is 0 Å². The minimum absolute atomic E-state index is 0.0935. The molecule has 1 aromatic heterocycles. The first-order valence-corrected chi connectivity index (χ1v) is 5.57. The van der Waals surface area contributed by atoms with Crippen LogP contribution in [-0.4, -0.2) is 33.8 Å². The zero-order valence-corrected chi connectivity index (χ0v) is 9.27. The van der Waals surface area contributed by atoms with Crippen molar-refractivity contribution >= 4 is 5.97 Å². The second-order valence-electron chi connectivity index (χ2n) is 3.97. The molecular weight excluding hydrogens is 208 g/mol. The summed E-state index contributed by atoms with van der Waals surface area (Å²) in [5.74, 6) is 0.497. The van der Waals surface area contributed by atoms with Gasteiger partial charge in [-0.05, 0) is 19.8 Å². The minimum Gasteiger partial charge on any atom is -0.460 e. The molecular formula is C10H16N4O2. The molecule has 88 valence electrons. The van der Waals surface area contributed by atoms with E-state index in [9.17, 15) is 4.79 Å². The quantitative estimate of drug-likeness (QED) is 0.732. The van der Waals surface area contributed by atoms with Crippen LogP contribution >= 0.6 is 0 Å². The first-order chi connectivity index (χ1) is 7.72. The Morgan fingerprint density at radius 1 is 1.62 bits per heavy atom. The molecule has 1 aliphatic rings. The molecule has 0 bridgehead atoms. The lowest BCUT2D eigenvalue weighted by Gasteiger charge is -2.10. The van der Waals surface area contributed by atoms with Crippen LogP contribution in [0, 0.1) is 0 Å². The zero-order valence-electron chi connectivity index (χ0n) is 9.27. The fraction of sp³-hybridized carbons (Fsp3) is 0.700. The first kappa shape index (κ1) is 11.1. The van der Waals surface area contributed by atoms with Gasteiger partial charge in [-0.2, -0.15) is 0 Å². The van der Waals surface area contributed by atoms with Gasteiger partial charge in [-0.25, -0.2) is 9.78 Å². The molecule has 3 N–H and O–H groups in total. The molecule has 1 saturated carbocycles. The van der Waals surface area contributed by atoms with Crippen molar-refractivity contribution in [1.82, 2.24) is 15.2 Å². The number of nitrogens with zero attached hydrogens (tertiary/aromatic N) is 2. The summed E-state index contributed by atoms with van der Waals surface area (Å²) in [6.45, 7) is 2.07. The first-order valence-electron chi connectivity index (χ1n) is 5.57. The lowest BCUT2D eigenvalue weighted by atomic mass is 10.0. The van der Waals surface area contributed by atoms with Crippen LogP contribution in [0.5, 0.6) is 0 Å². The van der Waals surface area contributed by atoms with Gasteiger partial charge in [0, 0.05) is 12.0 Å². The second-order valence-corrected chi connectivity index (χ2v) is 3.97. The molecule has 0 aromatic carbocycles. The van der Waals surface area contributed by atoms with Crippen molar-refractivity contribution < 1.29 is 9.53 Å². The molecule has 0 saturated heterocycles. The Kier molecular flexibility index (Phi) is 3.19. The van der Waals surface area contributed by atoms with Crippen molar-refractivity contribution in [1.29, 1.82) is 0 Å². The second kappa shape index (κ2) is 4.61. The highest BCUT2D eigenvalue weighted by Gasteiger charge is 2.29. The largest absolute Gasteiger partial charge is 0.460 e. The Bertz CT molecular complexity index is 377. The summed E-state index contributed by atoms with van der Waals surface area (Å²) in [5.41, 5.74) is 5.95. The Morgan fingerprint density at radius 3 is 3.06 bits per heavy atom. The van der Waals surface area contributed by atoms with E-state index in [1.54, 1.807) is 6.92 Å². The predicted octanol–water partition coefficient (Wildman–Crippen LogP) is 0.576. The van der Waals surface area contributed by atoms with E-state index in [1.165, 1.54) is 0 Å². The average Bonchev–Trinajstić information content (AvgIpc) is 2.86. The molecule has 1 aromatic rings. The van der Waals surface area contributed by atoms with Crippen molar-refractivity contribution in [2.24, 2.45) is 5.73 Å². The number of ether oxygens (including phenoxy) is 1. The fourth-order valence-corrected chi connectivity index (χ4v) is 2.06. The van der Waals surface area contributed by atoms with Crippen LogP contribution in [0.3, 0.4) is 0 Å². The number of aromatic nitrogens is 3. The molecule has 1 aliphatic carbocycles. The average molecular weight is 224 g/mol. The van der Waals surface area contributed by atoms with E-state index in [2.05, 4.69) is 15.2 Å². The Labute approximate surface area is 93.6 Å². The topological polar surface area (TPSA) is 93.9 Å². The summed E-state index contributed by atoms with van der Waals surface area (Å²) in [4.78, 5) is 15.5. The van der Waals surface area contributed by atoms with Gasteiger partial charge in [0.25, 0.3) is 5.82 Å². The third kappa shape index (κ3) is 2.06. The molecule has 1 fully saturated rings. The molecule has 1 heterocycles. The van der Waals surface area contributed by atoms with E-state index in [0.29, 0.717) is 12.4 Å². The number of rotatable bonds is 3. The number of hydrogen-bond donors (Lipinski definition) is 2. The summed E-state index contributed by atoms with van der Waals surface area (Å²) >= 11 is 0. The maximum atomic E-state index is 11.4. The Morgan fingerprint density at radius 2 is 2.44 bits per heavy atom. The molecule has 2 atom stereocenters. The molecule has 16 heavy (non-hydrogen) atoms. The number of aromatic amines is 1. The van der Waals surface area contributed by atoms with Gasteiger partial charge in [-0.3, -0.25) is 5.10 Å². The lowest BCUT2D eigenvalue weighted by molar-refractivity contribution is 0.0512. The summed E-state index contributed by atoms with van der Waals surface area (Å²) in [6.07, 6.45) is 3.10. The minimum atomic E-state index is -0.489. The number of esters is 1. The van der Waals surface area contributed by atoms with Gasteiger partial charge in [0.05, 0.1) is 6.61 Å². The highest BCUT2D eigenvalue weighted by Crippen LogP contribution is 2.31. The number of nitrogens with one attached hydrogen (secondary N) is 1. The standard InChI is InChI=1S/C10H16N4O2/c1-2-16-10(15)9-12-8(13-14-9)6-4-3-5-7(6)11/h6-7H,2-5,11H2,1H3,(H,12,13,14). The molecule has 6 heteroatoms. The molecule has 0 aliphatic heterocycles. The predicted molar refractivity (Wildman–Crippen MR) is 56.9 cm³/mol. The van der Waals surface area contributed by atoms with Gasteiger partial charge in [0.2, 0.25) is 0 Å². The molecule has 0 spiro atoms. The van der Waals surface area contributed by atoms with E-state index in [4.69, 9.17) is 10.5 Å². The zero-order chi connectivity index (χ0) is 11.5. The van der Waals surface area contributed by atoms with Crippen molar-refractivity contribution in [3.05, 3.63) is 11.6 Å². The molecule has 2 unspecified atom stereocenters. The van der Waals surface area contributed by atoms with Crippen LogP contribution in [0.2, 0.25) is 0 Å². The van der Waals surface area contributed by atoms with Crippen LogP contribution in [0.1, 0.15) is 48.5 Å². The molecule has 2 rings (SSSR count). The van der Waals surface area contributed by atoms with Crippen LogP contribution in [-0.2, 0) is 4.74 Å². The van der Waals surface area contributed by atoms with Gasteiger partial charge < -0.3 is 10.5 Å². The summed E-state index contributed by atoms with van der Waals surface area (Å²) < 4.78 is 4.82. The summed E-state index contributed by atoms with van der Waals surface area (Å²) in [7, 11) is 0. The van der Waals surface area contributed by atoms with Gasteiger partial charge in [0.1, 0.15) is 5.82 Å². The highest BCUT2D eigenvalue weighted by molar-refractivity contribution is 5.84. The summed E-state index contributed by atoms with van der Waals surface area (Å²) in [5, 5.41) is 6.62. The van der Waals surface area contributed by atoms with Gasteiger partial charge >= 0.3 is 5.97 Å². The fourth-order valence-electron chi connectivity index (χ4n) is 2.06. The third-order valence-electron chi connectivity index (χ3n) is 2.88. The Hall–Kier alpha value is -1.43. The number of H-pyrrole nitrogens is 1. The van der Waals surface area contributed by atoms with Crippen LogP contribution in [0.25, 0.3) is 0 Å². The smallest absolute Gasteiger partial charge is 0.378 e.